The number of rotatable bonds is 2. The van der Waals surface area contributed by atoms with Crippen LogP contribution in [0.4, 0.5) is 5.69 Å². The number of carbonyl (C=O) groups is 1. The van der Waals surface area contributed by atoms with Gasteiger partial charge in [-0.05, 0) is 24.3 Å². The largest absolute Gasteiger partial charge is 0.320 e. The fraction of sp³-hybridized carbons (Fsp3) is 0. The maximum atomic E-state index is 11.8. The van der Waals surface area contributed by atoms with Crippen LogP contribution in [0.5, 0.6) is 0 Å². The van der Waals surface area contributed by atoms with Gasteiger partial charge in [0.2, 0.25) is 0 Å². The van der Waals surface area contributed by atoms with Crippen molar-refractivity contribution in [3.05, 3.63) is 56.4 Å². The van der Waals surface area contributed by atoms with E-state index in [1.807, 2.05) is 0 Å². The minimum Gasteiger partial charge on any atom is -0.320 e. The van der Waals surface area contributed by atoms with Crippen molar-refractivity contribution in [2.24, 2.45) is 0 Å². The predicted octanol–water partition coefficient (Wildman–Crippen LogP) is 2.33. The van der Waals surface area contributed by atoms with Gasteiger partial charge >= 0.3 is 0 Å². The second-order valence-corrected chi connectivity index (χ2v) is 4.29. The molecule has 0 fully saturated rings. The van der Waals surface area contributed by atoms with Crippen molar-refractivity contribution in [2.75, 3.05) is 5.32 Å². The molecular formula is C11H7Cl2N3O2. The molecule has 0 aliphatic heterocycles. The molecule has 0 atom stereocenters. The molecule has 0 saturated heterocycles. The fourth-order valence-electron chi connectivity index (χ4n) is 1.29. The number of carbonyl (C=O) groups excluding carboxylic acids is 1. The third kappa shape index (κ3) is 3.09. The van der Waals surface area contributed by atoms with E-state index < -0.39 is 5.91 Å². The molecule has 0 aliphatic carbocycles. The molecule has 92 valence electrons. The predicted molar refractivity (Wildman–Crippen MR) is 69.3 cm³/mol. The molecule has 0 radical (unpaired) electrons. The Hall–Kier alpha value is -1.85. The molecule has 1 heterocycles. The number of hydrogen-bond acceptors (Lipinski definition) is 3. The molecule has 2 N–H and O–H groups in total. The molecule has 0 saturated carbocycles. The Balaban J connectivity index is 2.21. The quantitative estimate of drug-likeness (QED) is 0.888. The summed E-state index contributed by atoms with van der Waals surface area (Å²) in [6.07, 6.45) is 0. The van der Waals surface area contributed by atoms with Gasteiger partial charge in [-0.2, -0.15) is 5.10 Å². The van der Waals surface area contributed by atoms with Gasteiger partial charge in [-0.3, -0.25) is 9.59 Å². The van der Waals surface area contributed by atoms with Crippen molar-refractivity contribution in [1.29, 1.82) is 0 Å². The smallest absolute Gasteiger partial charge is 0.276 e. The molecule has 7 heteroatoms. The summed E-state index contributed by atoms with van der Waals surface area (Å²) in [5.41, 5.74) is 0.161. The minimum atomic E-state index is -0.468. The topological polar surface area (TPSA) is 74.8 Å². The van der Waals surface area contributed by atoms with Crippen molar-refractivity contribution in [1.82, 2.24) is 10.2 Å². The number of aromatic amines is 1. The maximum Gasteiger partial charge on any atom is 0.276 e. The Morgan fingerprint density at radius 1 is 1.17 bits per heavy atom. The van der Waals surface area contributed by atoms with Gasteiger partial charge < -0.3 is 5.32 Å². The molecule has 18 heavy (non-hydrogen) atoms. The minimum absolute atomic E-state index is 0.0886. The van der Waals surface area contributed by atoms with E-state index in [0.717, 1.165) is 0 Å². The Kier molecular flexibility index (Phi) is 3.64. The molecule has 2 aromatic rings. The Morgan fingerprint density at radius 3 is 2.39 bits per heavy atom. The third-order valence-electron chi connectivity index (χ3n) is 2.03. The molecule has 0 spiro atoms. The van der Waals surface area contributed by atoms with E-state index in [1.165, 1.54) is 12.1 Å². The highest BCUT2D eigenvalue weighted by molar-refractivity contribution is 6.35. The molecule has 1 aromatic heterocycles. The zero-order valence-electron chi connectivity index (χ0n) is 8.91. The number of hydrogen-bond donors (Lipinski definition) is 2. The first-order valence-corrected chi connectivity index (χ1v) is 5.63. The van der Waals surface area contributed by atoms with Gasteiger partial charge in [-0.1, -0.05) is 23.2 Å². The number of halogens is 2. The summed E-state index contributed by atoms with van der Waals surface area (Å²) in [6, 6.07) is 7.19. The number of amides is 1. The Labute approximate surface area is 112 Å². The molecule has 1 amide bonds. The van der Waals surface area contributed by atoms with Crippen LogP contribution in [0.3, 0.4) is 0 Å². The molecular weight excluding hydrogens is 277 g/mol. The summed E-state index contributed by atoms with van der Waals surface area (Å²) in [6.45, 7) is 0. The van der Waals surface area contributed by atoms with Crippen molar-refractivity contribution >= 4 is 34.8 Å². The molecule has 1 aromatic carbocycles. The highest BCUT2D eigenvalue weighted by atomic mass is 35.5. The first-order chi connectivity index (χ1) is 8.54. The van der Waals surface area contributed by atoms with Crippen LogP contribution in [-0.4, -0.2) is 16.1 Å². The van der Waals surface area contributed by atoms with Gasteiger partial charge in [0.15, 0.2) is 0 Å². The average Bonchev–Trinajstić information content (AvgIpc) is 2.28. The lowest BCUT2D eigenvalue weighted by Crippen LogP contribution is -2.17. The highest BCUT2D eigenvalue weighted by Crippen LogP contribution is 2.22. The van der Waals surface area contributed by atoms with E-state index in [2.05, 4.69) is 15.5 Å². The average molecular weight is 284 g/mol. The summed E-state index contributed by atoms with van der Waals surface area (Å²) in [5, 5.41) is 9.16. The van der Waals surface area contributed by atoms with Crippen LogP contribution in [0.15, 0.2) is 35.1 Å². The van der Waals surface area contributed by atoms with Crippen LogP contribution in [0.2, 0.25) is 10.0 Å². The first-order valence-electron chi connectivity index (χ1n) is 4.88. The van der Waals surface area contributed by atoms with Gasteiger partial charge in [0.1, 0.15) is 5.69 Å². The van der Waals surface area contributed by atoms with E-state index in [1.54, 1.807) is 18.2 Å². The van der Waals surface area contributed by atoms with Gasteiger partial charge in [0, 0.05) is 21.8 Å². The van der Waals surface area contributed by atoms with Gasteiger partial charge in [-0.25, -0.2) is 5.10 Å². The van der Waals surface area contributed by atoms with E-state index in [4.69, 9.17) is 23.2 Å². The van der Waals surface area contributed by atoms with Crippen molar-refractivity contribution in [3.63, 3.8) is 0 Å². The normalized spacial score (nSPS) is 10.1. The molecule has 2 rings (SSSR count). The maximum absolute atomic E-state index is 11.8. The number of H-pyrrole nitrogens is 1. The van der Waals surface area contributed by atoms with Crippen LogP contribution in [-0.2, 0) is 0 Å². The van der Waals surface area contributed by atoms with E-state index in [0.29, 0.717) is 15.7 Å². The van der Waals surface area contributed by atoms with Crippen molar-refractivity contribution in [3.8, 4) is 0 Å². The summed E-state index contributed by atoms with van der Waals surface area (Å²) < 4.78 is 0. The van der Waals surface area contributed by atoms with Crippen molar-refractivity contribution < 1.29 is 4.79 Å². The summed E-state index contributed by atoms with van der Waals surface area (Å²) >= 11 is 11.6. The lowest BCUT2D eigenvalue weighted by atomic mass is 10.3. The lowest BCUT2D eigenvalue weighted by molar-refractivity contribution is 0.102. The van der Waals surface area contributed by atoms with Crippen molar-refractivity contribution in [2.45, 2.75) is 0 Å². The first kappa shape index (κ1) is 12.6. The Morgan fingerprint density at radius 2 is 1.83 bits per heavy atom. The monoisotopic (exact) mass is 283 g/mol. The summed E-state index contributed by atoms with van der Waals surface area (Å²) in [4.78, 5) is 22.6. The van der Waals surface area contributed by atoms with Crippen LogP contribution in [0, 0.1) is 0 Å². The number of nitrogens with zero attached hydrogens (tertiary/aromatic N) is 1. The second-order valence-electron chi connectivity index (χ2n) is 3.42. The second kappa shape index (κ2) is 5.20. The van der Waals surface area contributed by atoms with Crippen LogP contribution >= 0.6 is 23.2 Å². The zero-order chi connectivity index (χ0) is 13.1. The summed E-state index contributed by atoms with van der Waals surface area (Å²) in [5.74, 6) is -0.468. The van der Waals surface area contributed by atoms with Crippen LogP contribution in [0.1, 0.15) is 10.5 Å². The molecule has 0 unspecified atom stereocenters. The SMILES string of the molecule is O=C(Nc1cc(Cl)cc(Cl)c1)c1ccc(=O)[nH]n1. The number of benzene rings is 1. The van der Waals surface area contributed by atoms with Crippen LogP contribution in [0.25, 0.3) is 0 Å². The lowest BCUT2D eigenvalue weighted by Gasteiger charge is -2.05. The number of aromatic nitrogens is 2. The van der Waals surface area contributed by atoms with Gasteiger partial charge in [0.25, 0.3) is 11.5 Å². The molecule has 0 bridgehead atoms. The molecule has 0 aliphatic rings. The van der Waals surface area contributed by atoms with E-state index in [-0.39, 0.29) is 11.3 Å². The van der Waals surface area contributed by atoms with Gasteiger partial charge in [0.05, 0.1) is 0 Å². The fourth-order valence-corrected chi connectivity index (χ4v) is 1.82. The highest BCUT2D eigenvalue weighted by Gasteiger charge is 2.08. The van der Waals surface area contributed by atoms with E-state index >= 15 is 0 Å². The number of nitrogens with one attached hydrogen (secondary N) is 2. The summed E-state index contributed by atoms with van der Waals surface area (Å²) in [7, 11) is 0. The molecule has 5 nitrogen and oxygen atoms in total. The standard InChI is InChI=1S/C11H7Cl2N3O2/c12-6-3-7(13)5-8(4-6)14-11(18)9-1-2-10(17)16-15-9/h1-5H,(H,14,18)(H,16,17). The van der Waals surface area contributed by atoms with Gasteiger partial charge in [-0.15, -0.1) is 0 Å². The Bertz CT molecular complexity index is 614. The van der Waals surface area contributed by atoms with Crippen LogP contribution < -0.4 is 10.9 Å². The number of anilines is 1. The van der Waals surface area contributed by atoms with E-state index in [9.17, 15) is 9.59 Å². The third-order valence-corrected chi connectivity index (χ3v) is 2.47. The zero-order valence-corrected chi connectivity index (χ0v) is 10.4.